The zero-order valence-electron chi connectivity index (χ0n) is 10.2. The van der Waals surface area contributed by atoms with Gasteiger partial charge in [-0.25, -0.2) is 0 Å². The maximum atomic E-state index is 11.8. The monoisotopic (exact) mass is 217 g/mol. The van der Waals surface area contributed by atoms with Gasteiger partial charge >= 0.3 is 0 Å². The average Bonchev–Trinajstić information content (AvgIpc) is 2.15. The first-order valence-corrected chi connectivity index (χ1v) is 5.78. The fourth-order valence-electron chi connectivity index (χ4n) is 2.77. The zero-order valence-corrected chi connectivity index (χ0v) is 10.2. The van der Waals surface area contributed by atoms with Gasteiger partial charge in [-0.1, -0.05) is 30.3 Å². The van der Waals surface area contributed by atoms with Gasteiger partial charge < -0.3 is 5.32 Å². The smallest absolute Gasteiger partial charge is 0.136 e. The second-order valence-electron chi connectivity index (χ2n) is 5.60. The topological polar surface area (TPSA) is 29.1 Å². The molecule has 1 aliphatic rings. The lowest BCUT2D eigenvalue weighted by Crippen LogP contribution is -2.57. The lowest BCUT2D eigenvalue weighted by molar-refractivity contribution is -0.124. The minimum Gasteiger partial charge on any atom is -0.302 e. The van der Waals surface area contributed by atoms with Crippen LogP contribution >= 0.6 is 0 Å². The van der Waals surface area contributed by atoms with Crippen molar-refractivity contribution >= 4 is 5.78 Å². The van der Waals surface area contributed by atoms with Crippen molar-refractivity contribution in [2.24, 2.45) is 0 Å². The molecule has 0 radical (unpaired) electrons. The predicted molar refractivity (Wildman–Crippen MR) is 65.2 cm³/mol. The Morgan fingerprint density at radius 1 is 1.06 bits per heavy atom. The molecule has 2 nitrogen and oxygen atoms in total. The van der Waals surface area contributed by atoms with Gasteiger partial charge in [-0.05, 0) is 26.3 Å². The van der Waals surface area contributed by atoms with Crippen LogP contribution in [0.5, 0.6) is 0 Å². The van der Waals surface area contributed by atoms with Crippen LogP contribution in [-0.4, -0.2) is 11.3 Å². The van der Waals surface area contributed by atoms with E-state index >= 15 is 0 Å². The standard InChI is InChI=1S/C14H19NO/c1-13(2)9-12(16)10-14(3,15-13)11-7-5-4-6-8-11/h4-8,15H,9-10H2,1-3H3. The Hall–Kier alpha value is -1.15. The number of ketones is 1. The zero-order chi connectivity index (χ0) is 11.8. The number of piperidine rings is 1. The van der Waals surface area contributed by atoms with Gasteiger partial charge in [-0.15, -0.1) is 0 Å². The van der Waals surface area contributed by atoms with Crippen molar-refractivity contribution in [3.05, 3.63) is 35.9 Å². The predicted octanol–water partition coefficient (Wildman–Crippen LogP) is 2.63. The van der Waals surface area contributed by atoms with Crippen LogP contribution in [0.1, 0.15) is 39.2 Å². The van der Waals surface area contributed by atoms with Crippen LogP contribution in [0.2, 0.25) is 0 Å². The van der Waals surface area contributed by atoms with E-state index < -0.39 is 0 Å². The van der Waals surface area contributed by atoms with Crippen molar-refractivity contribution in [3.8, 4) is 0 Å². The molecular formula is C14H19NO. The molecule has 1 fully saturated rings. The van der Waals surface area contributed by atoms with Gasteiger partial charge in [-0.3, -0.25) is 4.79 Å². The quantitative estimate of drug-likeness (QED) is 0.783. The van der Waals surface area contributed by atoms with Gasteiger partial charge in [0.2, 0.25) is 0 Å². The van der Waals surface area contributed by atoms with E-state index in [2.05, 4.69) is 38.2 Å². The maximum Gasteiger partial charge on any atom is 0.136 e. The third-order valence-electron chi connectivity index (χ3n) is 3.22. The Balaban J connectivity index is 2.35. The lowest BCUT2D eigenvalue weighted by Gasteiger charge is -2.44. The van der Waals surface area contributed by atoms with Crippen molar-refractivity contribution in [1.29, 1.82) is 0 Å². The molecule has 1 N–H and O–H groups in total. The number of carbonyl (C=O) groups excluding carboxylic acids is 1. The highest BCUT2D eigenvalue weighted by Crippen LogP contribution is 2.33. The highest BCUT2D eigenvalue weighted by molar-refractivity contribution is 5.82. The highest BCUT2D eigenvalue weighted by atomic mass is 16.1. The molecular weight excluding hydrogens is 198 g/mol. The number of rotatable bonds is 1. The third-order valence-corrected chi connectivity index (χ3v) is 3.22. The maximum absolute atomic E-state index is 11.8. The van der Waals surface area contributed by atoms with Crippen molar-refractivity contribution < 1.29 is 4.79 Å². The van der Waals surface area contributed by atoms with Gasteiger partial charge in [0.25, 0.3) is 0 Å². The number of benzene rings is 1. The van der Waals surface area contributed by atoms with Crippen molar-refractivity contribution in [3.63, 3.8) is 0 Å². The summed E-state index contributed by atoms with van der Waals surface area (Å²) in [5.74, 6) is 0.343. The van der Waals surface area contributed by atoms with Gasteiger partial charge in [0.05, 0.1) is 0 Å². The van der Waals surface area contributed by atoms with Crippen LogP contribution in [-0.2, 0) is 10.3 Å². The Morgan fingerprint density at radius 3 is 2.25 bits per heavy atom. The van der Waals surface area contributed by atoms with E-state index in [9.17, 15) is 4.79 Å². The van der Waals surface area contributed by atoms with E-state index in [1.807, 2.05) is 18.2 Å². The fraction of sp³-hybridized carbons (Fsp3) is 0.500. The molecule has 1 unspecified atom stereocenters. The van der Waals surface area contributed by atoms with E-state index in [0.717, 1.165) is 0 Å². The molecule has 1 atom stereocenters. The van der Waals surface area contributed by atoms with Gasteiger partial charge in [-0.2, -0.15) is 0 Å². The van der Waals surface area contributed by atoms with Crippen LogP contribution in [0.4, 0.5) is 0 Å². The molecule has 0 saturated carbocycles. The molecule has 1 aliphatic heterocycles. The number of carbonyl (C=O) groups is 1. The summed E-state index contributed by atoms with van der Waals surface area (Å²) in [5, 5.41) is 3.59. The summed E-state index contributed by atoms with van der Waals surface area (Å²) in [6.45, 7) is 6.29. The lowest BCUT2D eigenvalue weighted by atomic mass is 9.77. The molecule has 0 aliphatic carbocycles. The van der Waals surface area contributed by atoms with Gasteiger partial charge in [0.1, 0.15) is 5.78 Å². The molecule has 2 heteroatoms. The molecule has 0 aromatic heterocycles. The molecule has 86 valence electrons. The minimum absolute atomic E-state index is 0.111. The van der Waals surface area contributed by atoms with Crippen LogP contribution < -0.4 is 5.32 Å². The summed E-state index contributed by atoms with van der Waals surface area (Å²) in [7, 11) is 0. The second-order valence-corrected chi connectivity index (χ2v) is 5.60. The van der Waals surface area contributed by atoms with E-state index in [0.29, 0.717) is 18.6 Å². The second kappa shape index (κ2) is 3.70. The summed E-state index contributed by atoms with van der Waals surface area (Å²) in [6.07, 6.45) is 1.20. The number of hydrogen-bond donors (Lipinski definition) is 1. The van der Waals surface area contributed by atoms with E-state index in [1.54, 1.807) is 0 Å². The number of nitrogens with one attached hydrogen (secondary N) is 1. The van der Waals surface area contributed by atoms with Crippen LogP contribution in [0, 0.1) is 0 Å². The fourth-order valence-corrected chi connectivity index (χ4v) is 2.77. The first-order chi connectivity index (χ1) is 7.41. The number of Topliss-reactive ketones (excluding diaryl/α,β-unsaturated/α-hetero) is 1. The molecule has 1 heterocycles. The first kappa shape index (κ1) is 11.3. The minimum atomic E-state index is -0.222. The molecule has 1 aromatic carbocycles. The molecule has 0 spiro atoms. The Bertz CT molecular complexity index is 396. The Morgan fingerprint density at radius 2 is 1.69 bits per heavy atom. The SMILES string of the molecule is CC1(C)CC(=O)CC(C)(c2ccccc2)N1. The first-order valence-electron chi connectivity index (χ1n) is 5.78. The van der Waals surface area contributed by atoms with Crippen molar-refractivity contribution in [1.82, 2.24) is 5.32 Å². The summed E-state index contributed by atoms with van der Waals surface area (Å²) < 4.78 is 0. The molecule has 1 saturated heterocycles. The van der Waals surface area contributed by atoms with E-state index in [4.69, 9.17) is 0 Å². The van der Waals surface area contributed by atoms with Crippen LogP contribution in [0.25, 0.3) is 0 Å². The highest BCUT2D eigenvalue weighted by Gasteiger charge is 2.40. The number of hydrogen-bond acceptors (Lipinski definition) is 2. The largest absolute Gasteiger partial charge is 0.302 e. The van der Waals surface area contributed by atoms with Gasteiger partial charge in [0, 0.05) is 23.9 Å². The van der Waals surface area contributed by atoms with Crippen molar-refractivity contribution in [2.75, 3.05) is 0 Å². The summed E-state index contributed by atoms with van der Waals surface area (Å²) in [4.78, 5) is 11.8. The van der Waals surface area contributed by atoms with Crippen LogP contribution in [0.15, 0.2) is 30.3 Å². The van der Waals surface area contributed by atoms with Crippen LogP contribution in [0.3, 0.4) is 0 Å². The summed E-state index contributed by atoms with van der Waals surface area (Å²) in [5.41, 5.74) is 0.858. The van der Waals surface area contributed by atoms with E-state index in [-0.39, 0.29) is 11.1 Å². The Labute approximate surface area is 97.1 Å². The summed E-state index contributed by atoms with van der Waals surface area (Å²) >= 11 is 0. The molecule has 1 aromatic rings. The molecule has 16 heavy (non-hydrogen) atoms. The molecule has 2 rings (SSSR count). The molecule has 0 amide bonds. The van der Waals surface area contributed by atoms with E-state index in [1.165, 1.54) is 5.56 Å². The summed E-state index contributed by atoms with van der Waals surface area (Å²) in [6, 6.07) is 10.2. The van der Waals surface area contributed by atoms with Gasteiger partial charge in [0.15, 0.2) is 0 Å². The van der Waals surface area contributed by atoms with Crippen molar-refractivity contribution in [2.45, 2.75) is 44.7 Å². The normalized spacial score (nSPS) is 29.1. The Kier molecular flexibility index (Phi) is 2.62. The third kappa shape index (κ3) is 2.17. The molecule has 0 bridgehead atoms. The average molecular weight is 217 g/mol.